The molecule has 2 rings (SSSR count). The Morgan fingerprint density at radius 2 is 1.95 bits per heavy atom. The molecule has 106 valence electrons. The van der Waals surface area contributed by atoms with Crippen LogP contribution < -0.4 is 5.73 Å². The third-order valence-corrected chi connectivity index (χ3v) is 4.12. The molecule has 0 amide bonds. The maximum atomic E-state index is 13.3. The van der Waals surface area contributed by atoms with E-state index in [0.29, 0.717) is 16.6 Å². The number of rotatable bonds is 4. The molecular formula is C16H17BrFNO. The molecule has 0 saturated carbocycles. The summed E-state index contributed by atoms with van der Waals surface area (Å²) in [6.07, 6.45) is -0.766. The molecule has 0 radical (unpaired) electrons. The molecule has 0 fully saturated rings. The summed E-state index contributed by atoms with van der Waals surface area (Å²) in [4.78, 5) is 0. The van der Waals surface area contributed by atoms with Crippen molar-refractivity contribution in [1.82, 2.24) is 0 Å². The highest BCUT2D eigenvalue weighted by Gasteiger charge is 2.23. The highest BCUT2D eigenvalue weighted by molar-refractivity contribution is 9.10. The van der Waals surface area contributed by atoms with Crippen molar-refractivity contribution < 1.29 is 9.50 Å². The van der Waals surface area contributed by atoms with Gasteiger partial charge >= 0.3 is 0 Å². The Balaban J connectivity index is 2.36. The summed E-state index contributed by atoms with van der Waals surface area (Å²) in [7, 11) is 0. The van der Waals surface area contributed by atoms with E-state index in [4.69, 9.17) is 5.73 Å². The van der Waals surface area contributed by atoms with Gasteiger partial charge in [-0.25, -0.2) is 4.39 Å². The van der Waals surface area contributed by atoms with Crippen molar-refractivity contribution in [2.75, 3.05) is 6.54 Å². The molecule has 0 aromatic heterocycles. The standard InChI is InChI=1S/C16H17BrFNO/c1-10-4-2-3-5-12(10)13(9-19)16(20)11-6-7-15(18)14(17)8-11/h2-8,13,16,20H,9,19H2,1H3. The minimum Gasteiger partial charge on any atom is -0.388 e. The van der Waals surface area contributed by atoms with Gasteiger partial charge in [0, 0.05) is 12.5 Å². The molecule has 2 aromatic carbocycles. The highest BCUT2D eigenvalue weighted by Crippen LogP contribution is 2.33. The second-order valence-corrected chi connectivity index (χ2v) is 5.67. The van der Waals surface area contributed by atoms with Crippen LogP contribution in [0, 0.1) is 12.7 Å². The fraction of sp³-hybridized carbons (Fsp3) is 0.250. The number of hydrogen-bond acceptors (Lipinski definition) is 2. The first-order valence-electron chi connectivity index (χ1n) is 6.43. The predicted molar refractivity (Wildman–Crippen MR) is 82.0 cm³/mol. The molecule has 2 nitrogen and oxygen atoms in total. The Morgan fingerprint density at radius 3 is 2.55 bits per heavy atom. The van der Waals surface area contributed by atoms with E-state index in [-0.39, 0.29) is 11.7 Å². The van der Waals surface area contributed by atoms with Gasteiger partial charge in [0.05, 0.1) is 10.6 Å². The number of aliphatic hydroxyl groups excluding tert-OH is 1. The van der Waals surface area contributed by atoms with Crippen LogP contribution in [0.3, 0.4) is 0 Å². The molecule has 4 heteroatoms. The van der Waals surface area contributed by atoms with Crippen LogP contribution >= 0.6 is 15.9 Å². The summed E-state index contributed by atoms with van der Waals surface area (Å²) < 4.78 is 13.6. The van der Waals surface area contributed by atoms with E-state index in [1.807, 2.05) is 31.2 Å². The van der Waals surface area contributed by atoms with E-state index in [1.54, 1.807) is 12.1 Å². The normalized spacial score (nSPS) is 14.1. The van der Waals surface area contributed by atoms with Gasteiger partial charge in [-0.1, -0.05) is 30.3 Å². The number of nitrogens with two attached hydrogens (primary N) is 1. The van der Waals surface area contributed by atoms with E-state index >= 15 is 0 Å². The van der Waals surface area contributed by atoms with Crippen LogP contribution in [0.25, 0.3) is 0 Å². The fourth-order valence-corrected chi connectivity index (χ4v) is 2.75. The number of hydrogen-bond donors (Lipinski definition) is 2. The van der Waals surface area contributed by atoms with Crippen molar-refractivity contribution in [3.63, 3.8) is 0 Å². The van der Waals surface area contributed by atoms with Crippen molar-refractivity contribution >= 4 is 15.9 Å². The lowest BCUT2D eigenvalue weighted by molar-refractivity contribution is 0.147. The Morgan fingerprint density at radius 1 is 1.25 bits per heavy atom. The molecule has 20 heavy (non-hydrogen) atoms. The van der Waals surface area contributed by atoms with Gasteiger partial charge in [0.25, 0.3) is 0 Å². The molecule has 2 atom stereocenters. The summed E-state index contributed by atoms with van der Waals surface area (Å²) >= 11 is 3.14. The first kappa shape index (κ1) is 15.2. The summed E-state index contributed by atoms with van der Waals surface area (Å²) in [5.41, 5.74) is 8.59. The molecule has 3 N–H and O–H groups in total. The van der Waals surface area contributed by atoms with E-state index in [9.17, 15) is 9.50 Å². The van der Waals surface area contributed by atoms with Gasteiger partial charge in [0.15, 0.2) is 0 Å². The Hall–Kier alpha value is -1.23. The van der Waals surface area contributed by atoms with Crippen LogP contribution in [-0.2, 0) is 0 Å². The fourth-order valence-electron chi connectivity index (χ4n) is 2.36. The minimum atomic E-state index is -0.766. The second-order valence-electron chi connectivity index (χ2n) is 4.82. The average molecular weight is 338 g/mol. The third-order valence-electron chi connectivity index (χ3n) is 3.51. The SMILES string of the molecule is Cc1ccccc1C(CN)C(O)c1ccc(F)c(Br)c1. The molecule has 0 aliphatic carbocycles. The summed E-state index contributed by atoms with van der Waals surface area (Å²) in [5, 5.41) is 10.6. The lowest BCUT2D eigenvalue weighted by Crippen LogP contribution is -2.21. The molecule has 0 aliphatic heterocycles. The molecule has 0 saturated heterocycles. The van der Waals surface area contributed by atoms with E-state index < -0.39 is 6.10 Å². The van der Waals surface area contributed by atoms with Crippen molar-refractivity contribution in [2.24, 2.45) is 5.73 Å². The molecule has 0 aliphatic rings. The maximum Gasteiger partial charge on any atom is 0.137 e. The maximum absolute atomic E-state index is 13.3. The van der Waals surface area contributed by atoms with Gasteiger partial charge in [0.1, 0.15) is 5.82 Å². The monoisotopic (exact) mass is 337 g/mol. The average Bonchev–Trinajstić information content (AvgIpc) is 2.44. The van der Waals surface area contributed by atoms with Crippen molar-refractivity contribution in [3.8, 4) is 0 Å². The summed E-state index contributed by atoms with van der Waals surface area (Å²) in [6, 6.07) is 12.4. The lowest BCUT2D eigenvalue weighted by Gasteiger charge is -2.24. The Labute approximate surface area is 126 Å². The molecular weight excluding hydrogens is 321 g/mol. The van der Waals surface area contributed by atoms with Crippen LogP contribution in [-0.4, -0.2) is 11.7 Å². The number of benzene rings is 2. The molecule has 2 aromatic rings. The summed E-state index contributed by atoms with van der Waals surface area (Å²) in [6.45, 7) is 2.31. The smallest absolute Gasteiger partial charge is 0.137 e. The van der Waals surface area contributed by atoms with E-state index in [2.05, 4.69) is 15.9 Å². The van der Waals surface area contributed by atoms with Gasteiger partial charge in [0.2, 0.25) is 0 Å². The highest BCUT2D eigenvalue weighted by atomic mass is 79.9. The van der Waals surface area contributed by atoms with Gasteiger partial charge in [-0.2, -0.15) is 0 Å². The second kappa shape index (κ2) is 6.48. The van der Waals surface area contributed by atoms with Crippen molar-refractivity contribution in [1.29, 1.82) is 0 Å². The van der Waals surface area contributed by atoms with Gasteiger partial charge in [-0.05, 0) is 51.7 Å². The first-order valence-corrected chi connectivity index (χ1v) is 7.22. The van der Waals surface area contributed by atoms with Crippen molar-refractivity contribution in [3.05, 3.63) is 69.4 Å². The lowest BCUT2D eigenvalue weighted by atomic mass is 9.87. The van der Waals surface area contributed by atoms with Crippen LogP contribution in [0.2, 0.25) is 0 Å². The molecule has 2 unspecified atom stereocenters. The first-order chi connectivity index (χ1) is 9.54. The van der Waals surface area contributed by atoms with Gasteiger partial charge < -0.3 is 10.8 Å². The topological polar surface area (TPSA) is 46.2 Å². The number of halogens is 2. The van der Waals surface area contributed by atoms with Crippen LogP contribution in [0.5, 0.6) is 0 Å². The Bertz CT molecular complexity index is 603. The largest absolute Gasteiger partial charge is 0.388 e. The van der Waals surface area contributed by atoms with E-state index in [0.717, 1.165) is 11.1 Å². The van der Waals surface area contributed by atoms with Crippen LogP contribution in [0.15, 0.2) is 46.9 Å². The van der Waals surface area contributed by atoms with Crippen LogP contribution in [0.4, 0.5) is 4.39 Å². The van der Waals surface area contributed by atoms with Gasteiger partial charge in [-0.15, -0.1) is 0 Å². The predicted octanol–water partition coefficient (Wildman–Crippen LogP) is 3.67. The zero-order valence-electron chi connectivity index (χ0n) is 11.2. The van der Waals surface area contributed by atoms with Crippen molar-refractivity contribution in [2.45, 2.75) is 18.9 Å². The quantitative estimate of drug-likeness (QED) is 0.893. The molecule has 0 spiro atoms. The summed E-state index contributed by atoms with van der Waals surface area (Å²) in [5.74, 6) is -0.560. The minimum absolute atomic E-state index is 0.214. The molecule has 0 heterocycles. The molecule has 0 bridgehead atoms. The number of aryl methyl sites for hydroxylation is 1. The zero-order chi connectivity index (χ0) is 14.7. The van der Waals surface area contributed by atoms with E-state index in [1.165, 1.54) is 6.07 Å². The zero-order valence-corrected chi connectivity index (χ0v) is 12.8. The third kappa shape index (κ3) is 3.08. The van der Waals surface area contributed by atoms with Gasteiger partial charge in [-0.3, -0.25) is 0 Å². The Kier molecular flexibility index (Phi) is 4.91. The van der Waals surface area contributed by atoms with Crippen LogP contribution in [0.1, 0.15) is 28.7 Å². The number of aliphatic hydroxyl groups is 1.